The first-order valence-corrected chi connectivity index (χ1v) is 6.18. The fourth-order valence-corrected chi connectivity index (χ4v) is 2.03. The van der Waals surface area contributed by atoms with E-state index >= 15 is 0 Å². The molecule has 0 aliphatic carbocycles. The molecular formula is C12H15ClN4O. The molecule has 0 aliphatic rings. The number of hydrogen-bond acceptors (Lipinski definition) is 4. The zero-order valence-corrected chi connectivity index (χ0v) is 11.1. The van der Waals surface area contributed by atoms with Crippen molar-refractivity contribution in [2.75, 3.05) is 0 Å². The number of aliphatic hydroxyl groups is 1. The summed E-state index contributed by atoms with van der Waals surface area (Å²) >= 11 is 6.19. The minimum atomic E-state index is -0.773. The van der Waals surface area contributed by atoms with E-state index in [1.165, 1.54) is 0 Å². The predicted octanol–water partition coefficient (Wildman–Crippen LogP) is 1.93. The highest BCUT2D eigenvalue weighted by Crippen LogP contribution is 2.24. The van der Waals surface area contributed by atoms with Gasteiger partial charge in [0.05, 0.1) is 16.4 Å². The van der Waals surface area contributed by atoms with Crippen LogP contribution in [0, 0.1) is 6.92 Å². The van der Waals surface area contributed by atoms with E-state index in [0.29, 0.717) is 23.8 Å². The van der Waals surface area contributed by atoms with Crippen LogP contribution < -0.4 is 0 Å². The van der Waals surface area contributed by atoms with Crippen LogP contribution in [0.25, 0.3) is 0 Å². The molecule has 6 heteroatoms. The van der Waals surface area contributed by atoms with E-state index in [9.17, 15) is 5.11 Å². The van der Waals surface area contributed by atoms with Gasteiger partial charge in [-0.25, -0.2) is 9.97 Å². The van der Waals surface area contributed by atoms with Crippen LogP contribution in [0.5, 0.6) is 0 Å². The largest absolute Gasteiger partial charge is 0.385 e. The minimum absolute atomic E-state index is 0.359. The third-order valence-electron chi connectivity index (χ3n) is 2.72. The van der Waals surface area contributed by atoms with Crippen molar-refractivity contribution < 1.29 is 5.11 Å². The number of aliphatic hydroxyl groups excluding tert-OH is 1. The predicted molar refractivity (Wildman–Crippen MR) is 68.3 cm³/mol. The van der Waals surface area contributed by atoms with Gasteiger partial charge in [0.25, 0.3) is 0 Å². The first-order chi connectivity index (χ1) is 8.63. The van der Waals surface area contributed by atoms with Crippen molar-refractivity contribution in [1.82, 2.24) is 19.7 Å². The summed E-state index contributed by atoms with van der Waals surface area (Å²) in [4.78, 5) is 8.07. The second kappa shape index (κ2) is 5.46. The summed E-state index contributed by atoms with van der Waals surface area (Å²) in [6.45, 7) is 4.55. The molecule has 0 saturated carbocycles. The Morgan fingerprint density at radius 3 is 2.67 bits per heavy atom. The molecule has 1 N–H and O–H groups in total. The summed E-state index contributed by atoms with van der Waals surface area (Å²) in [5.41, 5.74) is 1.59. The van der Waals surface area contributed by atoms with E-state index in [0.717, 1.165) is 11.4 Å². The van der Waals surface area contributed by atoms with Gasteiger partial charge in [-0.2, -0.15) is 5.10 Å². The van der Waals surface area contributed by atoms with Crippen LogP contribution in [0.3, 0.4) is 0 Å². The standard InChI is InChI=1S/C12H15ClN4O/c1-3-17-9(11(13)8(2)16-17)7-10(18)12-14-5-4-6-15-12/h4-6,10,18H,3,7H2,1-2H3. The highest BCUT2D eigenvalue weighted by molar-refractivity contribution is 6.31. The summed E-state index contributed by atoms with van der Waals surface area (Å²) in [5, 5.41) is 15.0. The maximum Gasteiger partial charge on any atom is 0.157 e. The molecule has 2 rings (SSSR count). The number of aryl methyl sites for hydroxylation is 2. The van der Waals surface area contributed by atoms with Gasteiger partial charge in [-0.15, -0.1) is 0 Å². The molecule has 1 atom stereocenters. The molecule has 0 amide bonds. The van der Waals surface area contributed by atoms with Crippen LogP contribution in [0.15, 0.2) is 18.5 Å². The molecule has 0 fully saturated rings. The van der Waals surface area contributed by atoms with Gasteiger partial charge in [-0.3, -0.25) is 4.68 Å². The average Bonchev–Trinajstić information content (AvgIpc) is 2.67. The molecule has 2 aromatic rings. The zero-order chi connectivity index (χ0) is 13.1. The Kier molecular flexibility index (Phi) is 3.93. The maximum absolute atomic E-state index is 10.1. The molecule has 0 saturated heterocycles. The van der Waals surface area contributed by atoms with E-state index < -0.39 is 6.10 Å². The highest BCUT2D eigenvalue weighted by atomic mass is 35.5. The Bertz CT molecular complexity index is 526. The normalized spacial score (nSPS) is 12.7. The number of halogens is 1. The molecule has 96 valence electrons. The molecule has 0 spiro atoms. The number of rotatable bonds is 4. The molecule has 2 aromatic heterocycles. The average molecular weight is 267 g/mol. The van der Waals surface area contributed by atoms with Crippen molar-refractivity contribution in [3.8, 4) is 0 Å². The molecular weight excluding hydrogens is 252 g/mol. The second-order valence-electron chi connectivity index (χ2n) is 3.99. The van der Waals surface area contributed by atoms with Crippen molar-refractivity contribution in [1.29, 1.82) is 0 Å². The van der Waals surface area contributed by atoms with Gasteiger partial charge in [0.2, 0.25) is 0 Å². The van der Waals surface area contributed by atoms with Crippen LogP contribution in [-0.4, -0.2) is 24.9 Å². The Labute approximate surface area is 110 Å². The Morgan fingerprint density at radius 1 is 1.39 bits per heavy atom. The van der Waals surface area contributed by atoms with E-state index in [1.54, 1.807) is 23.1 Å². The van der Waals surface area contributed by atoms with Gasteiger partial charge in [-0.05, 0) is 19.9 Å². The second-order valence-corrected chi connectivity index (χ2v) is 4.37. The SMILES string of the molecule is CCn1nc(C)c(Cl)c1CC(O)c1ncccn1. The van der Waals surface area contributed by atoms with Crippen molar-refractivity contribution in [2.45, 2.75) is 32.9 Å². The Balaban J connectivity index is 2.24. The number of nitrogens with zero attached hydrogens (tertiary/aromatic N) is 4. The van der Waals surface area contributed by atoms with Gasteiger partial charge in [-0.1, -0.05) is 11.6 Å². The molecule has 18 heavy (non-hydrogen) atoms. The van der Waals surface area contributed by atoms with Gasteiger partial charge in [0.15, 0.2) is 5.82 Å². The van der Waals surface area contributed by atoms with Crippen LogP contribution in [0.2, 0.25) is 5.02 Å². The third-order valence-corrected chi connectivity index (χ3v) is 3.21. The molecule has 0 bridgehead atoms. The molecule has 1 unspecified atom stereocenters. The topological polar surface area (TPSA) is 63.8 Å². The van der Waals surface area contributed by atoms with Gasteiger partial charge in [0, 0.05) is 25.4 Å². The van der Waals surface area contributed by atoms with Crippen molar-refractivity contribution >= 4 is 11.6 Å². The Hall–Kier alpha value is -1.46. The highest BCUT2D eigenvalue weighted by Gasteiger charge is 2.18. The van der Waals surface area contributed by atoms with E-state index in [2.05, 4.69) is 15.1 Å². The molecule has 0 radical (unpaired) electrons. The van der Waals surface area contributed by atoms with Crippen molar-refractivity contribution in [3.05, 3.63) is 40.7 Å². The van der Waals surface area contributed by atoms with Crippen molar-refractivity contribution in [3.63, 3.8) is 0 Å². The number of aromatic nitrogens is 4. The van der Waals surface area contributed by atoms with Crippen LogP contribution in [0.1, 0.15) is 30.2 Å². The molecule has 0 aromatic carbocycles. The van der Waals surface area contributed by atoms with Gasteiger partial charge < -0.3 is 5.11 Å². The summed E-state index contributed by atoms with van der Waals surface area (Å²) in [6.07, 6.45) is 2.80. The summed E-state index contributed by atoms with van der Waals surface area (Å²) in [6, 6.07) is 1.71. The lowest BCUT2D eigenvalue weighted by Crippen LogP contribution is -2.11. The molecule has 0 aliphatic heterocycles. The summed E-state index contributed by atoms with van der Waals surface area (Å²) in [5.74, 6) is 0.398. The Morgan fingerprint density at radius 2 is 2.06 bits per heavy atom. The maximum atomic E-state index is 10.1. The van der Waals surface area contributed by atoms with E-state index in [1.807, 2.05) is 13.8 Å². The summed E-state index contributed by atoms with van der Waals surface area (Å²) < 4.78 is 1.80. The van der Waals surface area contributed by atoms with E-state index in [4.69, 9.17) is 11.6 Å². The lowest BCUT2D eigenvalue weighted by molar-refractivity contribution is 0.165. The first-order valence-electron chi connectivity index (χ1n) is 5.80. The number of hydrogen-bond donors (Lipinski definition) is 1. The van der Waals surface area contributed by atoms with Crippen LogP contribution in [-0.2, 0) is 13.0 Å². The molecule has 5 nitrogen and oxygen atoms in total. The minimum Gasteiger partial charge on any atom is -0.385 e. The van der Waals surface area contributed by atoms with E-state index in [-0.39, 0.29) is 0 Å². The quantitative estimate of drug-likeness (QED) is 0.918. The molecule has 2 heterocycles. The first kappa shape index (κ1) is 13.0. The monoisotopic (exact) mass is 266 g/mol. The lowest BCUT2D eigenvalue weighted by atomic mass is 10.1. The summed E-state index contributed by atoms with van der Waals surface area (Å²) in [7, 11) is 0. The van der Waals surface area contributed by atoms with Gasteiger partial charge in [0.1, 0.15) is 6.10 Å². The van der Waals surface area contributed by atoms with Crippen molar-refractivity contribution in [2.24, 2.45) is 0 Å². The smallest absolute Gasteiger partial charge is 0.157 e. The fourth-order valence-electron chi connectivity index (χ4n) is 1.82. The van der Waals surface area contributed by atoms with Gasteiger partial charge >= 0.3 is 0 Å². The van der Waals surface area contributed by atoms with Crippen LogP contribution in [0.4, 0.5) is 0 Å². The zero-order valence-electron chi connectivity index (χ0n) is 10.3. The van der Waals surface area contributed by atoms with Crippen LogP contribution >= 0.6 is 11.6 Å². The lowest BCUT2D eigenvalue weighted by Gasteiger charge is -2.10. The fraction of sp³-hybridized carbons (Fsp3) is 0.417. The third kappa shape index (κ3) is 2.52.